The van der Waals surface area contributed by atoms with Crippen molar-refractivity contribution in [2.24, 2.45) is 0 Å². The quantitative estimate of drug-likeness (QED) is 0.452. The van der Waals surface area contributed by atoms with Crippen molar-refractivity contribution in [1.82, 2.24) is 30.0 Å². The molecule has 0 bridgehead atoms. The van der Waals surface area contributed by atoms with E-state index in [-0.39, 0.29) is 28.3 Å². The van der Waals surface area contributed by atoms with E-state index in [0.29, 0.717) is 6.07 Å². The second kappa shape index (κ2) is 10.3. The van der Waals surface area contributed by atoms with Gasteiger partial charge in [0.1, 0.15) is 5.75 Å². The number of aromatic nitrogens is 5. The van der Waals surface area contributed by atoms with Crippen LogP contribution in [0.3, 0.4) is 0 Å². The number of alkyl halides is 3. The van der Waals surface area contributed by atoms with Crippen LogP contribution in [0.15, 0.2) is 35.5 Å². The van der Waals surface area contributed by atoms with Crippen LogP contribution in [0, 0.1) is 0 Å². The van der Waals surface area contributed by atoms with E-state index in [1.54, 1.807) is 25.9 Å². The Labute approximate surface area is 209 Å². The molecule has 2 aromatic heterocycles. The van der Waals surface area contributed by atoms with Crippen molar-refractivity contribution in [2.45, 2.75) is 31.1 Å². The molecular weight excluding hydrogens is 527 g/mol. The third kappa shape index (κ3) is 6.40. The van der Waals surface area contributed by atoms with Crippen LogP contribution in [0.4, 0.5) is 19.1 Å². The second-order valence-corrected chi connectivity index (χ2v) is 10.3. The van der Waals surface area contributed by atoms with Crippen LogP contribution in [-0.4, -0.2) is 65.3 Å². The summed E-state index contributed by atoms with van der Waals surface area (Å²) in [5.74, 6) is -1.55. The molecule has 0 aliphatic rings. The van der Waals surface area contributed by atoms with Crippen LogP contribution >= 0.6 is 11.6 Å². The summed E-state index contributed by atoms with van der Waals surface area (Å²) in [4.78, 5) is 26.7. The van der Waals surface area contributed by atoms with E-state index in [1.165, 1.54) is 24.0 Å². The molecule has 1 N–H and O–H groups in total. The largest absolute Gasteiger partial charge is 0.573 e. The third-order valence-corrected chi connectivity index (χ3v) is 6.58. The Balaban J connectivity index is 1.98. The number of rotatable bonds is 8. The molecule has 11 nitrogen and oxygen atoms in total. The summed E-state index contributed by atoms with van der Waals surface area (Å²) in [6.07, 6.45) is -2.40. The maximum Gasteiger partial charge on any atom is 0.573 e. The molecule has 0 radical (unpaired) electrons. The number of nitrogens with zero attached hydrogens (tertiary/aromatic N) is 6. The van der Waals surface area contributed by atoms with Crippen LogP contribution in [0.25, 0.3) is 5.95 Å². The molecule has 1 amide bonds. The van der Waals surface area contributed by atoms with Crippen molar-refractivity contribution < 1.29 is 31.1 Å². The molecule has 1 aromatic carbocycles. The predicted molar refractivity (Wildman–Crippen MR) is 123 cm³/mol. The molecule has 2 heterocycles. The van der Waals surface area contributed by atoms with E-state index in [1.807, 2.05) is 0 Å². The van der Waals surface area contributed by atoms with Crippen molar-refractivity contribution >= 4 is 33.3 Å². The number of hydrogen-bond donors (Lipinski definition) is 1. The lowest BCUT2D eigenvalue weighted by molar-refractivity contribution is -0.274. The first kappa shape index (κ1) is 27.1. The lowest BCUT2D eigenvalue weighted by Gasteiger charge is -2.16. The summed E-state index contributed by atoms with van der Waals surface area (Å²) >= 11 is 5.84. The lowest BCUT2D eigenvalue weighted by atomic mass is 10.2. The fraction of sp³-hybridized carbons (Fsp3) is 0.350. The molecular formula is C20H21ClF3N7O4S. The van der Waals surface area contributed by atoms with Gasteiger partial charge in [0.05, 0.1) is 34.1 Å². The second-order valence-electron chi connectivity index (χ2n) is 7.62. The minimum absolute atomic E-state index is 0.105. The molecule has 36 heavy (non-hydrogen) atoms. The first-order valence-electron chi connectivity index (χ1n) is 10.3. The average Bonchev–Trinajstić information content (AvgIpc) is 3.24. The van der Waals surface area contributed by atoms with Crippen LogP contribution < -0.4 is 15.0 Å². The number of amides is 1. The molecule has 0 spiro atoms. The van der Waals surface area contributed by atoms with E-state index < -0.39 is 44.5 Å². The Morgan fingerprint density at radius 2 is 1.86 bits per heavy atom. The number of hydrogen-bond acceptors (Lipinski definition) is 9. The molecule has 1 atom stereocenters. The summed E-state index contributed by atoms with van der Waals surface area (Å²) in [6.45, 7) is 2.87. The standard InChI is InChI=1S/C20H21ClF3N7O4S/c1-5-36(33,34)15-7-12(6-14(8-15)35-20(22,23)24)17(32)27-11(2)16-28-19(30(3)4)29-31(16)18-25-9-13(21)10-26-18/h6-11H,5H2,1-4H3,(H,27,32). The van der Waals surface area contributed by atoms with E-state index in [4.69, 9.17) is 11.6 Å². The van der Waals surface area contributed by atoms with Crippen LogP contribution in [0.2, 0.25) is 5.02 Å². The van der Waals surface area contributed by atoms with E-state index in [2.05, 4.69) is 30.1 Å². The average molecular weight is 548 g/mol. The highest BCUT2D eigenvalue weighted by Gasteiger charge is 2.32. The highest BCUT2D eigenvalue weighted by molar-refractivity contribution is 7.91. The van der Waals surface area contributed by atoms with Gasteiger partial charge in [0.2, 0.25) is 5.95 Å². The Morgan fingerprint density at radius 1 is 1.22 bits per heavy atom. The lowest BCUT2D eigenvalue weighted by Crippen LogP contribution is -2.29. The van der Waals surface area contributed by atoms with Gasteiger partial charge in [-0.1, -0.05) is 18.5 Å². The Morgan fingerprint density at radius 3 is 2.42 bits per heavy atom. The van der Waals surface area contributed by atoms with Gasteiger partial charge in [-0.25, -0.2) is 18.4 Å². The summed E-state index contributed by atoms with van der Waals surface area (Å²) < 4.78 is 68.2. The van der Waals surface area contributed by atoms with Gasteiger partial charge in [0.25, 0.3) is 11.9 Å². The molecule has 3 rings (SSSR count). The zero-order valence-electron chi connectivity index (χ0n) is 19.4. The Kier molecular flexibility index (Phi) is 7.73. The van der Waals surface area contributed by atoms with Gasteiger partial charge in [-0.2, -0.15) is 9.67 Å². The van der Waals surface area contributed by atoms with Crippen molar-refractivity contribution in [2.75, 3.05) is 24.7 Å². The van der Waals surface area contributed by atoms with Crippen LogP contribution in [-0.2, 0) is 9.84 Å². The van der Waals surface area contributed by atoms with Gasteiger partial charge in [-0.3, -0.25) is 4.79 Å². The molecule has 0 aliphatic heterocycles. The molecule has 194 valence electrons. The van der Waals surface area contributed by atoms with E-state index in [9.17, 15) is 26.4 Å². The predicted octanol–water partition coefficient (Wildman–Crippen LogP) is 2.96. The molecule has 0 aliphatic carbocycles. The first-order chi connectivity index (χ1) is 16.7. The third-order valence-electron chi connectivity index (χ3n) is 4.67. The van der Waals surface area contributed by atoms with E-state index in [0.717, 1.165) is 12.1 Å². The molecule has 0 fully saturated rings. The maximum atomic E-state index is 13.0. The van der Waals surface area contributed by atoms with Gasteiger partial charge >= 0.3 is 6.36 Å². The van der Waals surface area contributed by atoms with E-state index >= 15 is 0 Å². The summed E-state index contributed by atoms with van der Waals surface area (Å²) in [6, 6.07) is 1.62. The van der Waals surface area contributed by atoms with Crippen molar-refractivity contribution in [1.29, 1.82) is 0 Å². The highest BCUT2D eigenvalue weighted by Crippen LogP contribution is 2.28. The normalized spacial score (nSPS) is 12.8. The minimum atomic E-state index is -5.09. The Bertz CT molecular complexity index is 1360. The number of sulfone groups is 1. The van der Waals surface area contributed by atoms with Crippen molar-refractivity contribution in [3.8, 4) is 11.7 Å². The van der Waals surface area contributed by atoms with Crippen LogP contribution in [0.5, 0.6) is 5.75 Å². The number of ether oxygens (including phenoxy) is 1. The first-order valence-corrected chi connectivity index (χ1v) is 12.3. The number of anilines is 1. The number of benzene rings is 1. The smallest absolute Gasteiger partial charge is 0.406 e. The molecule has 16 heteroatoms. The topological polar surface area (TPSA) is 132 Å². The SMILES string of the molecule is CCS(=O)(=O)c1cc(OC(F)(F)F)cc(C(=O)NC(C)c2nc(N(C)C)nn2-c2ncc(Cl)cn2)c1. The van der Waals surface area contributed by atoms with Gasteiger partial charge in [0, 0.05) is 19.7 Å². The van der Waals surface area contributed by atoms with Crippen molar-refractivity contribution in [3.05, 3.63) is 47.0 Å². The number of carbonyl (C=O) groups excluding carboxylic acids is 1. The fourth-order valence-electron chi connectivity index (χ4n) is 2.93. The molecule has 0 saturated heterocycles. The zero-order chi connectivity index (χ0) is 26.8. The molecule has 0 saturated carbocycles. The number of carbonyl (C=O) groups is 1. The zero-order valence-corrected chi connectivity index (χ0v) is 21.0. The molecule has 3 aromatic rings. The minimum Gasteiger partial charge on any atom is -0.406 e. The van der Waals surface area contributed by atoms with Gasteiger partial charge in [0.15, 0.2) is 15.7 Å². The maximum absolute atomic E-state index is 13.0. The highest BCUT2D eigenvalue weighted by atomic mass is 35.5. The summed E-state index contributed by atoms with van der Waals surface area (Å²) in [7, 11) is -0.569. The van der Waals surface area contributed by atoms with Gasteiger partial charge in [-0.15, -0.1) is 18.3 Å². The van der Waals surface area contributed by atoms with Gasteiger partial charge < -0.3 is 15.0 Å². The number of nitrogens with one attached hydrogen (secondary N) is 1. The summed E-state index contributed by atoms with van der Waals surface area (Å²) in [5, 5.41) is 7.17. The fourth-order valence-corrected chi connectivity index (χ4v) is 3.96. The van der Waals surface area contributed by atoms with Crippen molar-refractivity contribution in [3.63, 3.8) is 0 Å². The van der Waals surface area contributed by atoms with Crippen LogP contribution in [0.1, 0.15) is 36.1 Å². The monoisotopic (exact) mass is 547 g/mol. The molecule has 1 unspecified atom stereocenters. The Hall–Kier alpha value is -3.46. The number of halogens is 4. The summed E-state index contributed by atoms with van der Waals surface area (Å²) in [5.41, 5.74) is -0.364. The van der Waals surface area contributed by atoms with Gasteiger partial charge in [-0.05, 0) is 25.1 Å².